The number of pyridine rings is 2. The number of ether oxygens (including phenoxy) is 2. The summed E-state index contributed by atoms with van der Waals surface area (Å²) in [5.74, 6) is -0.761. The Bertz CT molecular complexity index is 1720. The number of aromatic nitrogens is 2. The van der Waals surface area contributed by atoms with Crippen LogP contribution in [-0.4, -0.2) is 57.0 Å². The number of carbonyl (C=O) groups is 3. The first kappa shape index (κ1) is 33.0. The van der Waals surface area contributed by atoms with Gasteiger partial charge in [-0.2, -0.15) is 0 Å². The molecule has 0 saturated carbocycles. The number of carbonyl (C=O) groups excluding carboxylic acids is 3. The average molecular weight is 636 g/mol. The molecule has 5 N–H and O–H groups in total. The van der Waals surface area contributed by atoms with Crippen LogP contribution in [0.1, 0.15) is 81.5 Å². The maximum atomic E-state index is 13.6. The third kappa shape index (κ3) is 6.62. The number of nitrogens with one attached hydrogen (secondary N) is 3. The molecule has 2 aliphatic rings. The van der Waals surface area contributed by atoms with Gasteiger partial charge in [0.1, 0.15) is 12.4 Å². The number of hydroxylamine groups is 1. The zero-order chi connectivity index (χ0) is 33.0. The number of rotatable bonds is 13. The van der Waals surface area contributed by atoms with E-state index in [1.807, 2.05) is 6.07 Å². The molecule has 246 valence electrons. The number of fused-ring (bicyclic) bond motifs is 5. The van der Waals surface area contributed by atoms with Crippen LogP contribution >= 0.6 is 0 Å². The molecule has 0 saturated heterocycles. The number of nitrogens with zero attached hydrogens (tertiary/aromatic N) is 2. The van der Waals surface area contributed by atoms with Crippen molar-refractivity contribution >= 4 is 28.9 Å². The number of hydrogen-bond donors (Lipinski definition) is 5. The Morgan fingerprint density at radius 2 is 1.91 bits per heavy atom. The predicted octanol–water partition coefficient (Wildman–Crippen LogP) is 3.16. The number of cyclic esters (lactones) is 1. The number of amides is 2. The molecule has 4 heterocycles. The van der Waals surface area contributed by atoms with Gasteiger partial charge in [-0.25, -0.2) is 20.1 Å². The van der Waals surface area contributed by atoms with Crippen LogP contribution in [-0.2, 0) is 39.5 Å². The van der Waals surface area contributed by atoms with Gasteiger partial charge in [-0.15, -0.1) is 0 Å². The van der Waals surface area contributed by atoms with Gasteiger partial charge in [-0.1, -0.05) is 33.6 Å². The molecule has 1 atom stereocenters. The summed E-state index contributed by atoms with van der Waals surface area (Å²) in [5, 5.41) is 26.7. The van der Waals surface area contributed by atoms with Gasteiger partial charge in [0, 0.05) is 41.1 Å². The largest absolute Gasteiger partial charge is 0.458 e. The zero-order valence-corrected chi connectivity index (χ0v) is 26.4. The molecule has 2 amide bonds. The minimum absolute atomic E-state index is 0.0648. The third-order valence-corrected chi connectivity index (χ3v) is 8.61. The van der Waals surface area contributed by atoms with Crippen LogP contribution < -0.4 is 26.4 Å². The van der Waals surface area contributed by atoms with Gasteiger partial charge in [-0.3, -0.25) is 14.8 Å². The summed E-state index contributed by atoms with van der Waals surface area (Å²) in [6.45, 7) is 6.89. The van der Waals surface area contributed by atoms with Crippen molar-refractivity contribution in [2.24, 2.45) is 0 Å². The van der Waals surface area contributed by atoms with E-state index in [0.29, 0.717) is 55.0 Å². The van der Waals surface area contributed by atoms with Gasteiger partial charge in [0.25, 0.3) is 5.56 Å². The highest BCUT2D eigenvalue weighted by Gasteiger charge is 2.45. The lowest BCUT2D eigenvalue weighted by atomic mass is 9.86. The molecular weight excluding hydrogens is 594 g/mol. The van der Waals surface area contributed by atoms with E-state index in [1.165, 1.54) is 0 Å². The second-order valence-corrected chi connectivity index (χ2v) is 12.1. The molecule has 0 spiro atoms. The van der Waals surface area contributed by atoms with E-state index in [4.69, 9.17) is 19.7 Å². The van der Waals surface area contributed by atoms with E-state index in [9.17, 15) is 24.3 Å². The topological polar surface area (TPSA) is 181 Å². The van der Waals surface area contributed by atoms with Crippen LogP contribution in [0.15, 0.2) is 29.1 Å². The zero-order valence-electron chi connectivity index (χ0n) is 26.4. The summed E-state index contributed by atoms with van der Waals surface area (Å²) >= 11 is 0. The second-order valence-electron chi connectivity index (χ2n) is 12.1. The normalized spacial score (nSPS) is 16.5. The molecule has 0 unspecified atom stereocenters. The van der Waals surface area contributed by atoms with Crippen LogP contribution in [0.2, 0.25) is 0 Å². The SMILES string of the molecule is CC[C@@]1(O)C(=O)OCc2c1cc1n(c2=O)Cc2cc3c(CCNC(C)C)c(OC(=O)NCCCCCCC(=O)NO)ccc3nc2-1. The quantitative estimate of drug-likeness (QED) is 0.0634. The van der Waals surface area contributed by atoms with Crippen molar-refractivity contribution in [2.45, 2.75) is 90.5 Å². The Kier molecular flexibility index (Phi) is 10.0. The molecule has 46 heavy (non-hydrogen) atoms. The molecule has 0 radical (unpaired) electrons. The van der Waals surface area contributed by atoms with E-state index in [1.54, 1.807) is 35.2 Å². The molecular formula is C33H41N5O8. The molecule has 0 fully saturated rings. The number of esters is 1. The number of hydrogen-bond acceptors (Lipinski definition) is 10. The summed E-state index contributed by atoms with van der Waals surface area (Å²) in [4.78, 5) is 54.9. The monoisotopic (exact) mass is 635 g/mol. The fourth-order valence-electron chi connectivity index (χ4n) is 6.08. The molecule has 2 aromatic heterocycles. The second kappa shape index (κ2) is 14.0. The van der Waals surface area contributed by atoms with Crippen LogP contribution in [0.5, 0.6) is 5.75 Å². The van der Waals surface area contributed by atoms with Crippen LogP contribution in [0.25, 0.3) is 22.3 Å². The standard InChI is InChI=1S/C33H41N5O8/c1-4-33(43)24-16-26-29-20(17-38(26)30(40)23(24)18-45-31(33)41)15-22-21(12-14-34-19(2)3)27(11-10-25(22)36-29)46-32(42)35-13-8-6-5-7-9-28(39)37-44/h10-11,15-16,19,34,43-44H,4-9,12-14,17-18H2,1-3H3,(H,35,42)(H,37,39)/t33-/m0/s1. The molecule has 0 aliphatic carbocycles. The van der Waals surface area contributed by atoms with Gasteiger partial charge in [0.2, 0.25) is 5.91 Å². The van der Waals surface area contributed by atoms with Gasteiger partial charge < -0.3 is 29.8 Å². The minimum Gasteiger partial charge on any atom is -0.458 e. The van der Waals surface area contributed by atoms with Crippen molar-refractivity contribution in [3.05, 3.63) is 56.9 Å². The number of unbranched alkanes of at least 4 members (excludes halogenated alkanes) is 3. The fraction of sp³-hybridized carbons (Fsp3) is 0.485. The molecule has 2 aliphatic heterocycles. The van der Waals surface area contributed by atoms with E-state index in [0.717, 1.165) is 29.4 Å². The van der Waals surface area contributed by atoms with Crippen molar-refractivity contribution < 1.29 is 34.2 Å². The van der Waals surface area contributed by atoms with Crippen molar-refractivity contribution in [2.75, 3.05) is 13.1 Å². The predicted molar refractivity (Wildman–Crippen MR) is 168 cm³/mol. The summed E-state index contributed by atoms with van der Waals surface area (Å²) in [6, 6.07) is 7.42. The van der Waals surface area contributed by atoms with Gasteiger partial charge in [-0.05, 0) is 56.5 Å². The van der Waals surface area contributed by atoms with Crippen molar-refractivity contribution in [3.63, 3.8) is 0 Å². The Hall–Kier alpha value is -4.33. The number of aliphatic hydroxyl groups is 1. The van der Waals surface area contributed by atoms with Crippen LogP contribution in [0.3, 0.4) is 0 Å². The molecule has 5 rings (SSSR count). The fourth-order valence-corrected chi connectivity index (χ4v) is 6.08. The van der Waals surface area contributed by atoms with Crippen LogP contribution in [0.4, 0.5) is 4.79 Å². The highest BCUT2D eigenvalue weighted by Crippen LogP contribution is 2.39. The number of benzene rings is 1. The Balaban J connectivity index is 1.39. The smallest absolute Gasteiger partial charge is 0.412 e. The lowest BCUT2D eigenvalue weighted by molar-refractivity contribution is -0.172. The Labute approximate surface area is 266 Å². The molecule has 13 heteroatoms. The lowest BCUT2D eigenvalue weighted by Crippen LogP contribution is -2.44. The average Bonchev–Trinajstić information content (AvgIpc) is 3.40. The van der Waals surface area contributed by atoms with Crippen molar-refractivity contribution in [1.29, 1.82) is 0 Å². The summed E-state index contributed by atoms with van der Waals surface area (Å²) in [7, 11) is 0. The van der Waals surface area contributed by atoms with Crippen molar-refractivity contribution in [1.82, 2.24) is 25.7 Å². The first-order valence-corrected chi connectivity index (χ1v) is 15.8. The maximum Gasteiger partial charge on any atom is 0.412 e. The van der Waals surface area contributed by atoms with Crippen LogP contribution in [0, 0.1) is 0 Å². The van der Waals surface area contributed by atoms with E-state index >= 15 is 0 Å². The molecule has 0 bridgehead atoms. The Morgan fingerprint density at radius 1 is 1.13 bits per heavy atom. The summed E-state index contributed by atoms with van der Waals surface area (Å²) in [6.07, 6.45) is 3.28. The third-order valence-electron chi connectivity index (χ3n) is 8.61. The highest BCUT2D eigenvalue weighted by molar-refractivity contribution is 5.90. The van der Waals surface area contributed by atoms with Gasteiger partial charge in [0.05, 0.1) is 29.0 Å². The highest BCUT2D eigenvalue weighted by atomic mass is 16.6. The molecule has 13 nitrogen and oxygen atoms in total. The molecule has 3 aromatic rings. The van der Waals surface area contributed by atoms with E-state index in [2.05, 4.69) is 24.5 Å². The van der Waals surface area contributed by atoms with E-state index < -0.39 is 23.6 Å². The first-order valence-electron chi connectivity index (χ1n) is 15.8. The first-order chi connectivity index (χ1) is 22.1. The van der Waals surface area contributed by atoms with Gasteiger partial charge >= 0.3 is 12.1 Å². The minimum atomic E-state index is -1.90. The van der Waals surface area contributed by atoms with E-state index in [-0.39, 0.29) is 48.7 Å². The van der Waals surface area contributed by atoms with Crippen molar-refractivity contribution in [3.8, 4) is 17.1 Å². The maximum absolute atomic E-state index is 13.6. The summed E-state index contributed by atoms with van der Waals surface area (Å²) < 4.78 is 12.6. The Morgan fingerprint density at radius 3 is 2.65 bits per heavy atom. The lowest BCUT2D eigenvalue weighted by Gasteiger charge is -2.31. The van der Waals surface area contributed by atoms with Gasteiger partial charge in [0.15, 0.2) is 5.60 Å². The molecule has 1 aromatic carbocycles. The summed E-state index contributed by atoms with van der Waals surface area (Å²) in [5.41, 5.74) is 3.31.